The summed E-state index contributed by atoms with van der Waals surface area (Å²) < 4.78 is 0. The molecule has 0 aromatic carbocycles. The third kappa shape index (κ3) is 2.46. The topological polar surface area (TPSA) is 32.5 Å². The summed E-state index contributed by atoms with van der Waals surface area (Å²) in [5.41, 5.74) is 7.66. The number of nitrogens with zero attached hydrogens (tertiary/aromatic N) is 2. The maximum absolute atomic E-state index is 6.37. The summed E-state index contributed by atoms with van der Waals surface area (Å²) in [5, 5.41) is 2.20. The molecule has 1 aliphatic heterocycles. The highest BCUT2D eigenvalue weighted by molar-refractivity contribution is 7.10. The van der Waals surface area contributed by atoms with Gasteiger partial charge in [0.2, 0.25) is 0 Å². The fourth-order valence-electron chi connectivity index (χ4n) is 2.29. The second-order valence-corrected chi connectivity index (χ2v) is 5.94. The molecule has 0 spiro atoms. The molecule has 0 saturated carbocycles. The van der Waals surface area contributed by atoms with E-state index in [1.54, 1.807) is 11.3 Å². The van der Waals surface area contributed by atoms with Gasteiger partial charge < -0.3 is 10.6 Å². The molecule has 1 saturated heterocycles. The first-order valence-corrected chi connectivity index (χ1v) is 6.65. The van der Waals surface area contributed by atoms with Crippen LogP contribution >= 0.6 is 11.3 Å². The zero-order chi connectivity index (χ0) is 11.7. The number of piperazine rings is 1. The summed E-state index contributed by atoms with van der Waals surface area (Å²) in [6, 6.07) is 2.79. The van der Waals surface area contributed by atoms with Gasteiger partial charge in [0.15, 0.2) is 0 Å². The Bertz CT molecular complexity index is 350. The van der Waals surface area contributed by atoms with E-state index in [4.69, 9.17) is 5.73 Å². The number of nitrogens with two attached hydrogens (primary N) is 1. The summed E-state index contributed by atoms with van der Waals surface area (Å²) in [7, 11) is 4.35. The van der Waals surface area contributed by atoms with Crippen LogP contribution in [-0.2, 0) is 0 Å². The van der Waals surface area contributed by atoms with Gasteiger partial charge in [-0.2, -0.15) is 0 Å². The van der Waals surface area contributed by atoms with Gasteiger partial charge in [-0.1, -0.05) is 0 Å². The Morgan fingerprint density at radius 1 is 1.44 bits per heavy atom. The van der Waals surface area contributed by atoms with Crippen LogP contribution in [0.4, 0.5) is 0 Å². The van der Waals surface area contributed by atoms with Crippen molar-refractivity contribution in [2.75, 3.05) is 33.7 Å². The van der Waals surface area contributed by atoms with Crippen molar-refractivity contribution in [3.63, 3.8) is 0 Å². The van der Waals surface area contributed by atoms with E-state index in [1.807, 2.05) is 0 Å². The molecule has 0 aliphatic carbocycles. The van der Waals surface area contributed by atoms with Crippen molar-refractivity contribution in [3.8, 4) is 0 Å². The van der Waals surface area contributed by atoms with Gasteiger partial charge in [0, 0.05) is 36.6 Å². The van der Waals surface area contributed by atoms with Gasteiger partial charge in [0.25, 0.3) is 0 Å². The largest absolute Gasteiger partial charge is 0.323 e. The maximum Gasteiger partial charge on any atom is 0.0473 e. The molecule has 2 atom stereocenters. The minimum Gasteiger partial charge on any atom is -0.323 e. The van der Waals surface area contributed by atoms with Crippen LogP contribution in [0.2, 0.25) is 0 Å². The van der Waals surface area contributed by atoms with Crippen molar-refractivity contribution in [1.82, 2.24) is 9.80 Å². The van der Waals surface area contributed by atoms with E-state index in [1.165, 1.54) is 10.4 Å². The van der Waals surface area contributed by atoms with Crippen molar-refractivity contribution in [1.29, 1.82) is 0 Å². The monoisotopic (exact) mass is 239 g/mol. The van der Waals surface area contributed by atoms with E-state index in [0.29, 0.717) is 6.04 Å². The Morgan fingerprint density at radius 2 is 2.19 bits per heavy atom. The van der Waals surface area contributed by atoms with Crippen LogP contribution in [-0.4, -0.2) is 49.6 Å². The molecular weight excluding hydrogens is 218 g/mol. The minimum absolute atomic E-state index is 0.137. The van der Waals surface area contributed by atoms with Gasteiger partial charge in [0.05, 0.1) is 0 Å². The smallest absolute Gasteiger partial charge is 0.0473 e. The molecule has 0 amide bonds. The lowest BCUT2D eigenvalue weighted by atomic mass is 9.99. The Kier molecular flexibility index (Phi) is 3.64. The molecule has 2 heterocycles. The second-order valence-electron chi connectivity index (χ2n) is 4.83. The highest BCUT2D eigenvalue weighted by atomic mass is 32.1. The molecule has 0 bridgehead atoms. The summed E-state index contributed by atoms with van der Waals surface area (Å²) >= 11 is 1.79. The molecule has 3 nitrogen and oxygen atoms in total. The number of hydrogen-bond donors (Lipinski definition) is 1. The average Bonchev–Trinajstić information content (AvgIpc) is 2.67. The molecule has 4 heteroatoms. The van der Waals surface area contributed by atoms with E-state index in [0.717, 1.165) is 19.6 Å². The number of hydrogen-bond acceptors (Lipinski definition) is 4. The van der Waals surface area contributed by atoms with Gasteiger partial charge in [-0.15, -0.1) is 11.3 Å². The fourth-order valence-corrected chi connectivity index (χ4v) is 3.04. The van der Waals surface area contributed by atoms with Crippen LogP contribution in [0.1, 0.15) is 16.5 Å². The number of likely N-dealkylation sites (N-methyl/N-ethyl adjacent to an activating group) is 2. The third-order valence-electron chi connectivity index (χ3n) is 3.45. The zero-order valence-electron chi connectivity index (χ0n) is 10.3. The molecule has 1 aromatic rings. The molecule has 90 valence electrons. The minimum atomic E-state index is 0.137. The highest BCUT2D eigenvalue weighted by Crippen LogP contribution is 2.24. The SMILES string of the molecule is Cc1cc(C(N)C2CN(C)CCN2C)cs1. The number of thiophene rings is 1. The summed E-state index contributed by atoms with van der Waals surface area (Å²) in [6.07, 6.45) is 0. The Labute approximate surface area is 102 Å². The van der Waals surface area contributed by atoms with E-state index >= 15 is 0 Å². The molecule has 2 rings (SSSR count). The van der Waals surface area contributed by atoms with Crippen molar-refractivity contribution in [2.24, 2.45) is 5.73 Å². The molecule has 2 unspecified atom stereocenters. The lowest BCUT2D eigenvalue weighted by Crippen LogP contribution is -2.54. The maximum atomic E-state index is 6.37. The molecule has 2 N–H and O–H groups in total. The van der Waals surface area contributed by atoms with Crippen LogP contribution in [0, 0.1) is 6.92 Å². The molecule has 0 radical (unpaired) electrons. The van der Waals surface area contributed by atoms with Gasteiger partial charge >= 0.3 is 0 Å². The van der Waals surface area contributed by atoms with Crippen LogP contribution in [0.5, 0.6) is 0 Å². The van der Waals surface area contributed by atoms with Gasteiger partial charge in [-0.3, -0.25) is 4.90 Å². The van der Waals surface area contributed by atoms with Gasteiger partial charge in [-0.05, 0) is 38.0 Å². The number of aryl methyl sites for hydroxylation is 1. The standard InChI is InChI=1S/C12H21N3S/c1-9-6-10(8-16-9)12(13)11-7-14(2)4-5-15(11)3/h6,8,11-12H,4-5,7,13H2,1-3H3. The lowest BCUT2D eigenvalue weighted by Gasteiger charge is -2.40. The van der Waals surface area contributed by atoms with Gasteiger partial charge in [0.1, 0.15) is 0 Å². The van der Waals surface area contributed by atoms with Crippen LogP contribution in [0.25, 0.3) is 0 Å². The van der Waals surface area contributed by atoms with E-state index in [9.17, 15) is 0 Å². The lowest BCUT2D eigenvalue weighted by molar-refractivity contribution is 0.0975. The Morgan fingerprint density at radius 3 is 2.81 bits per heavy atom. The molecule has 16 heavy (non-hydrogen) atoms. The predicted molar refractivity (Wildman–Crippen MR) is 69.9 cm³/mol. The van der Waals surface area contributed by atoms with Crippen molar-refractivity contribution in [3.05, 3.63) is 21.9 Å². The Balaban J connectivity index is 2.10. The summed E-state index contributed by atoms with van der Waals surface area (Å²) in [6.45, 7) is 5.45. The van der Waals surface area contributed by atoms with Crippen molar-refractivity contribution >= 4 is 11.3 Å². The molecular formula is C12H21N3S. The van der Waals surface area contributed by atoms with Gasteiger partial charge in [-0.25, -0.2) is 0 Å². The second kappa shape index (κ2) is 4.84. The first kappa shape index (κ1) is 12.0. The molecule has 1 aromatic heterocycles. The first-order valence-electron chi connectivity index (χ1n) is 5.77. The quantitative estimate of drug-likeness (QED) is 0.844. The van der Waals surface area contributed by atoms with Crippen LogP contribution in [0.3, 0.4) is 0 Å². The normalized spacial score (nSPS) is 25.9. The van der Waals surface area contributed by atoms with Crippen molar-refractivity contribution in [2.45, 2.75) is 19.0 Å². The summed E-state index contributed by atoms with van der Waals surface area (Å²) in [4.78, 5) is 6.10. The van der Waals surface area contributed by atoms with Crippen LogP contribution < -0.4 is 5.73 Å². The average molecular weight is 239 g/mol. The molecule has 1 aliphatic rings. The number of rotatable bonds is 2. The van der Waals surface area contributed by atoms with E-state index in [-0.39, 0.29) is 6.04 Å². The van der Waals surface area contributed by atoms with Crippen LogP contribution in [0.15, 0.2) is 11.4 Å². The molecule has 1 fully saturated rings. The predicted octanol–water partition coefficient (Wildman–Crippen LogP) is 1.30. The first-order chi connectivity index (χ1) is 7.58. The highest BCUT2D eigenvalue weighted by Gasteiger charge is 2.28. The summed E-state index contributed by atoms with van der Waals surface area (Å²) in [5.74, 6) is 0. The van der Waals surface area contributed by atoms with E-state index < -0.39 is 0 Å². The van der Waals surface area contributed by atoms with Crippen molar-refractivity contribution < 1.29 is 0 Å². The van der Waals surface area contributed by atoms with E-state index in [2.05, 4.69) is 42.3 Å². The zero-order valence-corrected chi connectivity index (χ0v) is 11.1. The Hall–Kier alpha value is -0.420. The fraction of sp³-hybridized carbons (Fsp3) is 0.667. The third-order valence-corrected chi connectivity index (χ3v) is 4.33.